The molecule has 4 rings (SSSR count). The molecule has 27 heavy (non-hydrogen) atoms. The van der Waals surface area contributed by atoms with Crippen LogP contribution in [0.25, 0.3) is 28.2 Å². The van der Waals surface area contributed by atoms with Crippen LogP contribution in [0.5, 0.6) is 5.88 Å². The zero-order valence-corrected chi connectivity index (χ0v) is 15.2. The van der Waals surface area contributed by atoms with Crippen molar-refractivity contribution in [3.05, 3.63) is 60.7 Å². The molecule has 0 unspecified atom stereocenters. The van der Waals surface area contributed by atoms with E-state index >= 15 is 0 Å². The van der Waals surface area contributed by atoms with Gasteiger partial charge in [0.15, 0.2) is 0 Å². The van der Waals surface area contributed by atoms with Gasteiger partial charge in [0.1, 0.15) is 0 Å². The quantitative estimate of drug-likeness (QED) is 0.537. The molecule has 0 aliphatic heterocycles. The minimum absolute atomic E-state index is 0.216. The summed E-state index contributed by atoms with van der Waals surface area (Å²) >= 11 is 0. The number of nitrogens with one attached hydrogen (secondary N) is 1. The number of H-pyrrole nitrogens is 1. The molecule has 0 aliphatic carbocycles. The third kappa shape index (κ3) is 3.60. The highest BCUT2D eigenvalue weighted by Crippen LogP contribution is 2.26. The number of hydrogen-bond donors (Lipinski definition) is 1. The number of benzene rings is 2. The fraction of sp³-hybridized carbons (Fsp3) is 0.190. The smallest absolute Gasteiger partial charge is 0.312 e. The van der Waals surface area contributed by atoms with Crippen LogP contribution in [-0.2, 0) is 4.79 Å². The molecule has 2 aromatic heterocycles. The highest BCUT2D eigenvalue weighted by atomic mass is 16.5. The highest BCUT2D eigenvalue weighted by Gasteiger charge is 2.18. The highest BCUT2D eigenvalue weighted by molar-refractivity contribution is 5.76. The van der Waals surface area contributed by atoms with Gasteiger partial charge >= 0.3 is 5.97 Å². The Kier molecular flexibility index (Phi) is 4.46. The molecular weight excluding hydrogens is 340 g/mol. The summed E-state index contributed by atoms with van der Waals surface area (Å²) in [6.07, 6.45) is 0.339. The Labute approximate surface area is 156 Å². The van der Waals surface area contributed by atoms with Crippen LogP contribution in [0.2, 0.25) is 0 Å². The molecule has 0 atom stereocenters. The number of hydrogen-bond acceptors (Lipinski definition) is 4. The molecule has 4 aromatic rings. The van der Waals surface area contributed by atoms with Crippen LogP contribution in [0.15, 0.2) is 60.7 Å². The molecule has 6 heteroatoms. The molecule has 0 aliphatic rings. The number of fused-ring (bicyclic) bond motifs is 1. The van der Waals surface area contributed by atoms with E-state index in [0.717, 1.165) is 16.6 Å². The minimum Gasteiger partial charge on any atom is -0.407 e. The summed E-state index contributed by atoms with van der Waals surface area (Å²) in [6.45, 7) is 3.96. The first-order valence-electron chi connectivity index (χ1n) is 8.91. The molecule has 0 saturated heterocycles. The van der Waals surface area contributed by atoms with Gasteiger partial charge in [-0.05, 0) is 18.1 Å². The van der Waals surface area contributed by atoms with Crippen molar-refractivity contribution in [1.29, 1.82) is 0 Å². The van der Waals surface area contributed by atoms with Crippen LogP contribution < -0.4 is 4.74 Å². The van der Waals surface area contributed by atoms with Crippen molar-refractivity contribution in [2.24, 2.45) is 5.92 Å². The standard InChI is InChI=1S/C21H20N4O2/c1-14(2)12-20(26)27-19-13-18(15-8-4-3-5-9-15)24-25(19)21-22-16-10-6-7-11-17(16)23-21/h3-11,13-14H,12H2,1-2H3,(H,22,23). The second kappa shape index (κ2) is 7.07. The number of ether oxygens (including phenoxy) is 1. The maximum atomic E-state index is 12.2. The van der Waals surface area contributed by atoms with Gasteiger partial charge in [-0.3, -0.25) is 4.79 Å². The average Bonchev–Trinajstić information content (AvgIpc) is 3.25. The van der Waals surface area contributed by atoms with Crippen LogP contribution >= 0.6 is 0 Å². The number of esters is 1. The lowest BCUT2D eigenvalue weighted by atomic mass is 10.1. The van der Waals surface area contributed by atoms with E-state index in [2.05, 4.69) is 15.1 Å². The molecule has 0 amide bonds. The van der Waals surface area contributed by atoms with Crippen LogP contribution in [0.1, 0.15) is 20.3 Å². The Morgan fingerprint density at radius 3 is 2.59 bits per heavy atom. The van der Waals surface area contributed by atoms with Gasteiger partial charge < -0.3 is 9.72 Å². The molecule has 2 heterocycles. The zero-order valence-electron chi connectivity index (χ0n) is 15.2. The van der Waals surface area contributed by atoms with Crippen molar-refractivity contribution < 1.29 is 9.53 Å². The molecule has 1 N–H and O–H groups in total. The van der Waals surface area contributed by atoms with E-state index in [9.17, 15) is 4.79 Å². The largest absolute Gasteiger partial charge is 0.407 e. The van der Waals surface area contributed by atoms with Crippen LogP contribution in [0.4, 0.5) is 0 Å². The Morgan fingerprint density at radius 2 is 1.85 bits per heavy atom. The van der Waals surface area contributed by atoms with Crippen molar-refractivity contribution >= 4 is 17.0 Å². The summed E-state index contributed by atoms with van der Waals surface area (Å²) < 4.78 is 7.15. The summed E-state index contributed by atoms with van der Waals surface area (Å²) in [6, 6.07) is 19.3. The van der Waals surface area contributed by atoms with Gasteiger partial charge in [-0.25, -0.2) is 4.98 Å². The number of nitrogens with zero attached hydrogens (tertiary/aromatic N) is 3. The molecule has 2 aromatic carbocycles. The summed E-state index contributed by atoms with van der Waals surface area (Å²) in [5, 5.41) is 4.62. The molecule has 0 fully saturated rings. The summed E-state index contributed by atoms with van der Waals surface area (Å²) in [4.78, 5) is 20.0. The topological polar surface area (TPSA) is 72.8 Å². The number of carbonyl (C=O) groups excluding carboxylic acids is 1. The number of aromatic nitrogens is 4. The fourth-order valence-electron chi connectivity index (χ4n) is 2.87. The third-order valence-electron chi connectivity index (χ3n) is 4.12. The van der Waals surface area contributed by atoms with Crippen LogP contribution in [-0.4, -0.2) is 25.7 Å². The maximum Gasteiger partial charge on any atom is 0.312 e. The van der Waals surface area contributed by atoms with Gasteiger partial charge in [-0.15, -0.1) is 0 Å². The number of rotatable bonds is 5. The normalized spacial score (nSPS) is 11.2. The van der Waals surface area contributed by atoms with Crippen molar-refractivity contribution in [2.75, 3.05) is 0 Å². The third-order valence-corrected chi connectivity index (χ3v) is 4.12. The first-order chi connectivity index (χ1) is 13.1. The first kappa shape index (κ1) is 17.0. The summed E-state index contributed by atoms with van der Waals surface area (Å²) in [5.74, 6) is 0.778. The lowest BCUT2D eigenvalue weighted by Crippen LogP contribution is -2.13. The van der Waals surface area contributed by atoms with E-state index in [-0.39, 0.29) is 11.9 Å². The lowest BCUT2D eigenvalue weighted by molar-refractivity contribution is -0.135. The Morgan fingerprint density at radius 1 is 1.11 bits per heavy atom. The van der Waals surface area contributed by atoms with E-state index < -0.39 is 0 Å². The van der Waals surface area contributed by atoms with Gasteiger partial charge in [0.2, 0.25) is 11.8 Å². The number of carbonyl (C=O) groups is 1. The van der Waals surface area contributed by atoms with Crippen LogP contribution in [0.3, 0.4) is 0 Å². The predicted molar refractivity (Wildman–Crippen MR) is 104 cm³/mol. The molecule has 6 nitrogen and oxygen atoms in total. The molecule has 0 bridgehead atoms. The molecule has 0 spiro atoms. The molecular formula is C21H20N4O2. The number of imidazole rings is 1. The van der Waals surface area contributed by atoms with Crippen molar-refractivity contribution in [2.45, 2.75) is 20.3 Å². The average molecular weight is 360 g/mol. The van der Waals surface area contributed by atoms with E-state index in [1.807, 2.05) is 68.4 Å². The molecule has 0 saturated carbocycles. The molecule has 136 valence electrons. The maximum absolute atomic E-state index is 12.2. The van der Waals surface area contributed by atoms with E-state index in [0.29, 0.717) is 23.9 Å². The zero-order chi connectivity index (χ0) is 18.8. The Balaban J connectivity index is 1.78. The van der Waals surface area contributed by atoms with Gasteiger partial charge in [0, 0.05) is 18.1 Å². The number of aromatic amines is 1. The lowest BCUT2D eigenvalue weighted by Gasteiger charge is -2.06. The summed E-state index contributed by atoms with van der Waals surface area (Å²) in [5.41, 5.74) is 3.37. The second-order valence-corrected chi connectivity index (χ2v) is 6.80. The SMILES string of the molecule is CC(C)CC(=O)Oc1cc(-c2ccccc2)nn1-c1nc2ccccc2[nH]1. The molecule has 0 radical (unpaired) electrons. The fourth-order valence-corrected chi connectivity index (χ4v) is 2.87. The summed E-state index contributed by atoms with van der Waals surface area (Å²) in [7, 11) is 0. The predicted octanol–water partition coefficient (Wildman–Crippen LogP) is 4.37. The van der Waals surface area contributed by atoms with Gasteiger partial charge in [0.05, 0.1) is 16.7 Å². The van der Waals surface area contributed by atoms with Crippen LogP contribution in [0, 0.1) is 5.92 Å². The van der Waals surface area contributed by atoms with E-state index in [4.69, 9.17) is 4.74 Å². The second-order valence-electron chi connectivity index (χ2n) is 6.80. The Hall–Kier alpha value is -3.41. The van der Waals surface area contributed by atoms with Gasteiger partial charge in [-0.1, -0.05) is 56.3 Å². The van der Waals surface area contributed by atoms with Crippen molar-refractivity contribution in [3.63, 3.8) is 0 Å². The van der Waals surface area contributed by atoms with E-state index in [1.165, 1.54) is 0 Å². The van der Waals surface area contributed by atoms with Gasteiger partial charge in [-0.2, -0.15) is 9.78 Å². The van der Waals surface area contributed by atoms with Crippen molar-refractivity contribution in [3.8, 4) is 23.1 Å². The van der Waals surface area contributed by atoms with Crippen molar-refractivity contribution in [1.82, 2.24) is 19.7 Å². The monoisotopic (exact) mass is 360 g/mol. The minimum atomic E-state index is -0.290. The number of para-hydroxylation sites is 2. The first-order valence-corrected chi connectivity index (χ1v) is 8.91. The Bertz CT molecular complexity index is 1050. The van der Waals surface area contributed by atoms with Gasteiger partial charge in [0.25, 0.3) is 0 Å². The van der Waals surface area contributed by atoms with E-state index in [1.54, 1.807) is 10.7 Å².